The van der Waals surface area contributed by atoms with E-state index in [4.69, 9.17) is 0 Å². The van der Waals surface area contributed by atoms with Gasteiger partial charge in [0.05, 0.1) is 0 Å². The first-order valence-corrected chi connectivity index (χ1v) is 5.38. The second kappa shape index (κ2) is 2.44. The Morgan fingerprint density at radius 2 is 2.33 bits per heavy atom. The van der Waals surface area contributed by atoms with E-state index >= 15 is 0 Å². The van der Waals surface area contributed by atoms with Crippen molar-refractivity contribution in [1.29, 1.82) is 0 Å². The van der Waals surface area contributed by atoms with Gasteiger partial charge in [-0.1, -0.05) is 8.44 Å². The highest BCUT2D eigenvalue weighted by atomic mass is 32.7. The summed E-state index contributed by atoms with van der Waals surface area (Å²) in [5, 5.41) is 0.958. The standard InChI is InChI=1S/C3H7PS2/c4-6-3-1-5-2-3/h3H,1-2,4H2. The van der Waals surface area contributed by atoms with Gasteiger partial charge in [0.2, 0.25) is 0 Å². The maximum absolute atomic E-state index is 2.69. The number of thioether (sulfide) groups is 1. The molecule has 36 valence electrons. The topological polar surface area (TPSA) is 0 Å². The zero-order valence-electron chi connectivity index (χ0n) is 3.39. The van der Waals surface area contributed by atoms with Crippen molar-refractivity contribution in [3.8, 4) is 0 Å². The minimum absolute atomic E-state index is 0.958. The summed E-state index contributed by atoms with van der Waals surface area (Å²) in [6.07, 6.45) is 0. The SMILES string of the molecule is PSC1CSC1. The van der Waals surface area contributed by atoms with Gasteiger partial charge in [0, 0.05) is 16.8 Å². The number of hydrogen-bond donors (Lipinski definition) is 0. The van der Waals surface area contributed by atoms with Gasteiger partial charge in [0.25, 0.3) is 0 Å². The van der Waals surface area contributed by atoms with Gasteiger partial charge in [0.1, 0.15) is 0 Å². The van der Waals surface area contributed by atoms with Gasteiger partial charge >= 0.3 is 0 Å². The zero-order valence-corrected chi connectivity index (χ0v) is 6.17. The van der Waals surface area contributed by atoms with Crippen LogP contribution in [0.25, 0.3) is 0 Å². The van der Waals surface area contributed by atoms with E-state index in [1.807, 2.05) is 23.1 Å². The molecule has 1 unspecified atom stereocenters. The maximum atomic E-state index is 2.69. The fraction of sp³-hybridized carbons (Fsp3) is 1.00. The Morgan fingerprint density at radius 3 is 2.33 bits per heavy atom. The largest absolute Gasteiger partial charge is 0.160 e. The van der Waals surface area contributed by atoms with E-state index in [0.717, 1.165) is 5.25 Å². The molecule has 1 saturated heterocycles. The number of rotatable bonds is 1. The molecule has 1 heterocycles. The van der Waals surface area contributed by atoms with Crippen molar-refractivity contribution in [3.05, 3.63) is 0 Å². The van der Waals surface area contributed by atoms with Crippen LogP contribution in [0.4, 0.5) is 0 Å². The van der Waals surface area contributed by atoms with Crippen molar-refractivity contribution in [3.63, 3.8) is 0 Å². The quantitative estimate of drug-likeness (QED) is 0.505. The van der Waals surface area contributed by atoms with Gasteiger partial charge in [0.15, 0.2) is 0 Å². The second-order valence-electron chi connectivity index (χ2n) is 1.30. The van der Waals surface area contributed by atoms with Crippen LogP contribution in [0.2, 0.25) is 0 Å². The maximum Gasteiger partial charge on any atom is 0.0265 e. The minimum atomic E-state index is 0.958. The predicted molar refractivity (Wildman–Crippen MR) is 38.4 cm³/mol. The normalized spacial score (nSPS) is 23.5. The van der Waals surface area contributed by atoms with Gasteiger partial charge in [-0.2, -0.15) is 11.8 Å². The van der Waals surface area contributed by atoms with Crippen LogP contribution in [0.1, 0.15) is 0 Å². The molecule has 3 heteroatoms. The van der Waals surface area contributed by atoms with Crippen LogP contribution in [0.15, 0.2) is 0 Å². The van der Waals surface area contributed by atoms with E-state index < -0.39 is 0 Å². The summed E-state index contributed by atoms with van der Waals surface area (Å²) in [5.41, 5.74) is 0. The summed E-state index contributed by atoms with van der Waals surface area (Å²) < 4.78 is 0. The first kappa shape index (κ1) is 5.27. The van der Waals surface area contributed by atoms with Gasteiger partial charge in [-0.05, 0) is 0 Å². The van der Waals surface area contributed by atoms with Crippen LogP contribution in [-0.4, -0.2) is 16.8 Å². The molecular weight excluding hydrogens is 131 g/mol. The molecule has 0 aromatic carbocycles. The molecule has 6 heavy (non-hydrogen) atoms. The third-order valence-electron chi connectivity index (χ3n) is 0.800. The summed E-state index contributed by atoms with van der Waals surface area (Å²) in [6, 6.07) is 0. The van der Waals surface area contributed by atoms with Crippen molar-refractivity contribution < 1.29 is 0 Å². The molecule has 1 fully saturated rings. The zero-order chi connectivity index (χ0) is 4.41. The molecule has 0 nitrogen and oxygen atoms in total. The van der Waals surface area contributed by atoms with Crippen molar-refractivity contribution >= 4 is 31.6 Å². The number of hydrogen-bond acceptors (Lipinski definition) is 2. The molecule has 0 amide bonds. The molecule has 0 aliphatic carbocycles. The Balaban J connectivity index is 2.01. The van der Waals surface area contributed by atoms with Crippen LogP contribution in [0, 0.1) is 0 Å². The molecule has 0 aromatic heterocycles. The second-order valence-corrected chi connectivity index (χ2v) is 4.13. The molecule has 0 radical (unpaired) electrons. The first-order valence-electron chi connectivity index (χ1n) is 1.87. The summed E-state index contributed by atoms with van der Waals surface area (Å²) in [6.45, 7) is 0. The third-order valence-corrected chi connectivity index (χ3v) is 4.37. The summed E-state index contributed by atoms with van der Waals surface area (Å²) in [4.78, 5) is 0. The molecule has 1 aliphatic rings. The van der Waals surface area contributed by atoms with Crippen molar-refractivity contribution in [1.82, 2.24) is 0 Å². The Labute approximate surface area is 48.8 Å². The highest BCUT2D eigenvalue weighted by Gasteiger charge is 2.15. The van der Waals surface area contributed by atoms with Gasteiger partial charge in [-0.3, -0.25) is 0 Å². The van der Waals surface area contributed by atoms with E-state index in [9.17, 15) is 0 Å². The molecule has 1 atom stereocenters. The Bertz CT molecular complexity index is 41.3. The monoisotopic (exact) mass is 138 g/mol. The Kier molecular flexibility index (Phi) is 2.14. The van der Waals surface area contributed by atoms with E-state index in [0.29, 0.717) is 0 Å². The van der Waals surface area contributed by atoms with Gasteiger partial charge < -0.3 is 0 Å². The predicted octanol–water partition coefficient (Wildman–Crippen LogP) is 1.63. The minimum Gasteiger partial charge on any atom is -0.160 e. The first-order chi connectivity index (χ1) is 2.93. The highest BCUT2D eigenvalue weighted by molar-refractivity contribution is 8.44. The Morgan fingerprint density at radius 1 is 1.67 bits per heavy atom. The molecule has 0 spiro atoms. The van der Waals surface area contributed by atoms with E-state index in [1.54, 1.807) is 0 Å². The lowest BCUT2D eigenvalue weighted by Gasteiger charge is -2.21. The van der Waals surface area contributed by atoms with Crippen LogP contribution < -0.4 is 0 Å². The van der Waals surface area contributed by atoms with Crippen LogP contribution in [-0.2, 0) is 0 Å². The smallest absolute Gasteiger partial charge is 0.0265 e. The fourth-order valence-electron chi connectivity index (χ4n) is 0.293. The summed E-state index contributed by atoms with van der Waals surface area (Å²) >= 11 is 3.94. The average Bonchev–Trinajstić information content (AvgIpc) is 1.31. The van der Waals surface area contributed by atoms with Crippen LogP contribution in [0.5, 0.6) is 0 Å². The van der Waals surface area contributed by atoms with Crippen molar-refractivity contribution in [2.24, 2.45) is 0 Å². The van der Waals surface area contributed by atoms with Crippen LogP contribution >= 0.6 is 31.6 Å². The molecule has 0 N–H and O–H groups in total. The molecule has 0 saturated carbocycles. The summed E-state index contributed by atoms with van der Waals surface area (Å²) in [5.74, 6) is 2.74. The molecule has 1 rings (SSSR count). The lowest BCUT2D eigenvalue weighted by atomic mass is 10.5. The lowest BCUT2D eigenvalue weighted by Crippen LogP contribution is -2.18. The molecular formula is C3H7PS2. The van der Waals surface area contributed by atoms with Crippen LogP contribution in [0.3, 0.4) is 0 Å². The van der Waals surface area contributed by atoms with E-state index in [2.05, 4.69) is 8.44 Å². The highest BCUT2D eigenvalue weighted by Crippen LogP contribution is 2.32. The van der Waals surface area contributed by atoms with Crippen molar-refractivity contribution in [2.45, 2.75) is 5.25 Å². The van der Waals surface area contributed by atoms with Crippen molar-refractivity contribution in [2.75, 3.05) is 11.5 Å². The molecule has 0 bridgehead atoms. The Hall–Kier alpha value is 1.13. The molecule has 0 aromatic rings. The van der Waals surface area contributed by atoms with E-state index in [1.165, 1.54) is 11.5 Å². The third kappa shape index (κ3) is 1.05. The summed E-state index contributed by atoms with van der Waals surface area (Å²) in [7, 11) is 2.69. The van der Waals surface area contributed by atoms with Gasteiger partial charge in [-0.25, -0.2) is 0 Å². The fourth-order valence-corrected chi connectivity index (χ4v) is 3.34. The van der Waals surface area contributed by atoms with E-state index in [-0.39, 0.29) is 0 Å². The average molecular weight is 138 g/mol. The molecule has 1 aliphatic heterocycles. The van der Waals surface area contributed by atoms with Gasteiger partial charge in [-0.15, -0.1) is 11.4 Å². The lowest BCUT2D eigenvalue weighted by molar-refractivity contribution is 1.09.